The smallest absolute Gasteiger partial charge is 0.191 e. The molecule has 2 aliphatic rings. The van der Waals surface area contributed by atoms with Crippen LogP contribution in [0.4, 0.5) is 0 Å². The Morgan fingerprint density at radius 2 is 2.07 bits per heavy atom. The third-order valence-corrected chi connectivity index (χ3v) is 5.84. The second-order valence-electron chi connectivity index (χ2n) is 7.85. The maximum absolute atomic E-state index is 10.3. The highest BCUT2D eigenvalue weighted by atomic mass is 127. The largest absolute Gasteiger partial charge is 0.469 e. The van der Waals surface area contributed by atoms with Gasteiger partial charge in [0.15, 0.2) is 5.96 Å². The average molecular weight is 520 g/mol. The zero-order valence-electron chi connectivity index (χ0n) is 17.5. The number of halogens is 1. The molecular formula is C21H37IN4O3. The van der Waals surface area contributed by atoms with Crippen LogP contribution in [0.25, 0.3) is 0 Å². The summed E-state index contributed by atoms with van der Waals surface area (Å²) < 4.78 is 10.5. The standard InChI is InChI=1S/C21H36N4O3.HI/c1-27-16-12-23-21(22-11-8-18-5-4-15-28-18)24-17-9-13-25(14-10-17)19-6-2-3-7-20(19)26;/h4-5,15,17,19-20,26H,2-3,6-14,16H2,1H3,(H2,22,23,24);1H. The quantitative estimate of drug-likeness (QED) is 0.212. The van der Waals surface area contributed by atoms with Crippen molar-refractivity contribution in [3.63, 3.8) is 0 Å². The Balaban J connectivity index is 0.00000300. The van der Waals surface area contributed by atoms with E-state index in [1.54, 1.807) is 13.4 Å². The van der Waals surface area contributed by atoms with Crippen LogP contribution >= 0.6 is 24.0 Å². The lowest BCUT2D eigenvalue weighted by atomic mass is 9.89. The fraction of sp³-hybridized carbons (Fsp3) is 0.762. The van der Waals surface area contributed by atoms with E-state index < -0.39 is 0 Å². The molecule has 7 nitrogen and oxygen atoms in total. The number of hydrogen-bond acceptors (Lipinski definition) is 5. The summed E-state index contributed by atoms with van der Waals surface area (Å²) in [5.41, 5.74) is 0. The van der Waals surface area contributed by atoms with Gasteiger partial charge in [-0.2, -0.15) is 0 Å². The number of ether oxygens (including phenoxy) is 1. The number of aliphatic imine (C=N–C) groups is 1. The minimum atomic E-state index is -0.146. The molecule has 2 heterocycles. The van der Waals surface area contributed by atoms with E-state index in [0.29, 0.717) is 25.2 Å². The van der Waals surface area contributed by atoms with E-state index in [1.807, 2.05) is 12.1 Å². The number of guanidine groups is 1. The van der Waals surface area contributed by atoms with Crippen molar-refractivity contribution in [2.75, 3.05) is 39.9 Å². The van der Waals surface area contributed by atoms with Crippen molar-refractivity contribution >= 4 is 29.9 Å². The van der Waals surface area contributed by atoms with Gasteiger partial charge in [-0.1, -0.05) is 12.8 Å². The molecule has 0 amide bonds. The Bertz CT molecular complexity index is 576. The summed E-state index contributed by atoms with van der Waals surface area (Å²) >= 11 is 0. The highest BCUT2D eigenvalue weighted by molar-refractivity contribution is 14.0. The van der Waals surface area contributed by atoms with E-state index in [-0.39, 0.29) is 30.1 Å². The third kappa shape index (κ3) is 8.07. The van der Waals surface area contributed by atoms with Gasteiger partial charge in [0.2, 0.25) is 0 Å². The zero-order chi connectivity index (χ0) is 19.6. The SMILES string of the molecule is COCCN=C(NCCc1ccco1)NC1CCN(C2CCCCC2O)CC1.I. The minimum Gasteiger partial charge on any atom is -0.469 e. The van der Waals surface area contributed by atoms with E-state index >= 15 is 0 Å². The summed E-state index contributed by atoms with van der Waals surface area (Å²) in [5.74, 6) is 1.82. The van der Waals surface area contributed by atoms with Crippen LogP contribution in [0, 0.1) is 0 Å². The van der Waals surface area contributed by atoms with Crippen molar-refractivity contribution in [3.05, 3.63) is 24.2 Å². The van der Waals surface area contributed by atoms with E-state index in [2.05, 4.69) is 20.5 Å². The van der Waals surface area contributed by atoms with Crippen molar-refractivity contribution in [3.8, 4) is 0 Å². The lowest BCUT2D eigenvalue weighted by Crippen LogP contribution is -2.53. The first-order valence-corrected chi connectivity index (χ1v) is 10.7. The molecule has 1 saturated heterocycles. The van der Waals surface area contributed by atoms with Crippen LogP contribution in [0.15, 0.2) is 27.8 Å². The number of aliphatic hydroxyl groups excluding tert-OH is 1. The molecule has 2 unspecified atom stereocenters. The van der Waals surface area contributed by atoms with Gasteiger partial charge < -0.3 is 24.9 Å². The first-order chi connectivity index (χ1) is 13.8. The van der Waals surface area contributed by atoms with Crippen molar-refractivity contribution in [2.45, 2.75) is 63.1 Å². The van der Waals surface area contributed by atoms with Gasteiger partial charge in [0.1, 0.15) is 5.76 Å². The van der Waals surface area contributed by atoms with Gasteiger partial charge in [-0.25, -0.2) is 0 Å². The molecule has 3 rings (SSSR count). The maximum atomic E-state index is 10.3. The van der Waals surface area contributed by atoms with Gasteiger partial charge >= 0.3 is 0 Å². The van der Waals surface area contributed by atoms with Crippen molar-refractivity contribution in [1.82, 2.24) is 15.5 Å². The first kappa shape index (κ1) is 24.4. The van der Waals surface area contributed by atoms with E-state index in [9.17, 15) is 5.11 Å². The fourth-order valence-electron chi connectivity index (χ4n) is 4.25. The summed E-state index contributed by atoms with van der Waals surface area (Å²) in [6, 6.07) is 4.68. The van der Waals surface area contributed by atoms with Gasteiger partial charge in [0, 0.05) is 45.2 Å². The lowest BCUT2D eigenvalue weighted by Gasteiger charge is -2.41. The molecule has 166 valence electrons. The number of hydrogen-bond donors (Lipinski definition) is 3. The van der Waals surface area contributed by atoms with Crippen LogP contribution in [-0.2, 0) is 11.2 Å². The first-order valence-electron chi connectivity index (χ1n) is 10.7. The van der Waals surface area contributed by atoms with Gasteiger partial charge in [-0.15, -0.1) is 24.0 Å². The number of nitrogens with one attached hydrogen (secondary N) is 2. The van der Waals surface area contributed by atoms with Gasteiger partial charge in [-0.3, -0.25) is 9.89 Å². The maximum Gasteiger partial charge on any atom is 0.191 e. The molecule has 0 bridgehead atoms. The van der Waals surface area contributed by atoms with Gasteiger partial charge in [0.25, 0.3) is 0 Å². The molecule has 2 atom stereocenters. The van der Waals surface area contributed by atoms with E-state index in [4.69, 9.17) is 9.15 Å². The molecule has 1 saturated carbocycles. The predicted molar refractivity (Wildman–Crippen MR) is 126 cm³/mol. The van der Waals surface area contributed by atoms with E-state index in [1.165, 1.54) is 12.8 Å². The van der Waals surface area contributed by atoms with Crippen molar-refractivity contribution < 1.29 is 14.3 Å². The Labute approximate surface area is 191 Å². The molecule has 1 aliphatic carbocycles. The summed E-state index contributed by atoms with van der Waals surface area (Å²) in [6.07, 6.45) is 9.05. The number of likely N-dealkylation sites (tertiary alicyclic amines) is 1. The second-order valence-corrected chi connectivity index (χ2v) is 7.85. The number of rotatable bonds is 8. The predicted octanol–water partition coefficient (Wildman–Crippen LogP) is 2.39. The molecule has 0 radical (unpaired) electrons. The number of furan rings is 1. The van der Waals surface area contributed by atoms with E-state index in [0.717, 1.165) is 63.5 Å². The summed E-state index contributed by atoms with van der Waals surface area (Å²) in [7, 11) is 1.70. The average Bonchev–Trinajstić information content (AvgIpc) is 3.23. The van der Waals surface area contributed by atoms with Crippen LogP contribution in [0.5, 0.6) is 0 Å². The van der Waals surface area contributed by atoms with Crippen molar-refractivity contribution in [2.24, 2.45) is 4.99 Å². The molecule has 0 spiro atoms. The molecule has 0 aromatic carbocycles. The molecule has 2 fully saturated rings. The summed E-state index contributed by atoms with van der Waals surface area (Å²) in [6.45, 7) is 4.11. The fourth-order valence-corrected chi connectivity index (χ4v) is 4.25. The van der Waals surface area contributed by atoms with Gasteiger partial charge in [0.05, 0.1) is 25.5 Å². The Morgan fingerprint density at radius 3 is 2.76 bits per heavy atom. The normalized spacial score (nSPS) is 24.1. The highest BCUT2D eigenvalue weighted by Gasteiger charge is 2.31. The molecule has 29 heavy (non-hydrogen) atoms. The lowest BCUT2D eigenvalue weighted by molar-refractivity contribution is 0.00810. The molecule has 1 aliphatic heterocycles. The number of piperidine rings is 1. The molecule has 8 heteroatoms. The monoisotopic (exact) mass is 520 g/mol. The van der Waals surface area contributed by atoms with Crippen LogP contribution < -0.4 is 10.6 Å². The van der Waals surface area contributed by atoms with Crippen molar-refractivity contribution in [1.29, 1.82) is 0 Å². The van der Waals surface area contributed by atoms with Crippen LogP contribution in [0.2, 0.25) is 0 Å². The molecular weight excluding hydrogens is 483 g/mol. The summed E-state index contributed by atoms with van der Waals surface area (Å²) in [5, 5.41) is 17.3. The molecule has 1 aromatic rings. The second kappa shape index (κ2) is 13.5. The Morgan fingerprint density at radius 1 is 1.28 bits per heavy atom. The Kier molecular flexibility index (Phi) is 11.3. The molecule has 1 aromatic heterocycles. The van der Waals surface area contributed by atoms with Gasteiger partial charge in [-0.05, 0) is 37.8 Å². The summed E-state index contributed by atoms with van der Waals surface area (Å²) in [4.78, 5) is 7.13. The van der Waals surface area contributed by atoms with Crippen LogP contribution in [0.3, 0.4) is 0 Å². The topological polar surface area (TPSA) is 82.3 Å². The highest BCUT2D eigenvalue weighted by Crippen LogP contribution is 2.25. The minimum absolute atomic E-state index is 0. The third-order valence-electron chi connectivity index (χ3n) is 5.84. The Hall–Kier alpha value is -0.840. The molecule has 3 N–H and O–H groups in total. The number of aliphatic hydroxyl groups is 1. The number of nitrogens with zero attached hydrogens (tertiary/aromatic N) is 2. The number of methoxy groups -OCH3 is 1. The zero-order valence-corrected chi connectivity index (χ0v) is 19.8. The van der Waals surface area contributed by atoms with Crippen LogP contribution in [0.1, 0.15) is 44.3 Å². The van der Waals surface area contributed by atoms with Crippen LogP contribution in [-0.4, -0.2) is 74.0 Å².